The third-order valence-electron chi connectivity index (χ3n) is 3.17. The van der Waals surface area contributed by atoms with E-state index in [0.29, 0.717) is 0 Å². The number of rotatable bonds is 4. The van der Waals surface area contributed by atoms with E-state index in [1.54, 1.807) is 0 Å². The van der Waals surface area contributed by atoms with Crippen LogP contribution in [-0.4, -0.2) is 16.7 Å². The zero-order chi connectivity index (χ0) is 13.9. The molecule has 0 aliphatic carbocycles. The maximum Gasteiger partial charge on any atom is 0.0998 e. The highest BCUT2D eigenvalue weighted by Crippen LogP contribution is 2.19. The van der Waals surface area contributed by atoms with Gasteiger partial charge in [0.05, 0.1) is 11.6 Å². The van der Waals surface area contributed by atoms with E-state index in [0.717, 1.165) is 36.0 Å². The molecule has 0 unspecified atom stereocenters. The summed E-state index contributed by atoms with van der Waals surface area (Å²) >= 11 is 0. The summed E-state index contributed by atoms with van der Waals surface area (Å²) in [4.78, 5) is 0. The molecule has 0 spiro atoms. The van der Waals surface area contributed by atoms with Gasteiger partial charge < -0.3 is 9.88 Å². The van der Waals surface area contributed by atoms with E-state index in [9.17, 15) is 0 Å². The van der Waals surface area contributed by atoms with Crippen LogP contribution >= 0.6 is 0 Å². The van der Waals surface area contributed by atoms with E-state index in [2.05, 4.69) is 49.0 Å². The summed E-state index contributed by atoms with van der Waals surface area (Å²) in [5.41, 5.74) is 2.08. The van der Waals surface area contributed by atoms with Gasteiger partial charge >= 0.3 is 0 Å². The predicted octanol–water partition coefficient (Wildman–Crippen LogP) is 3.29. The van der Waals surface area contributed by atoms with Crippen LogP contribution in [0.3, 0.4) is 0 Å². The summed E-state index contributed by atoms with van der Waals surface area (Å²) in [5, 5.41) is 13.6. The number of fused-ring (bicyclic) bond motifs is 1. The lowest BCUT2D eigenvalue weighted by molar-refractivity contribution is 0.414. The average Bonchev–Trinajstić information content (AvgIpc) is 2.76. The highest BCUT2D eigenvalue weighted by atomic mass is 15.0. The second-order valence-corrected chi connectivity index (χ2v) is 5.89. The third kappa shape index (κ3) is 3.36. The molecule has 2 aromatic rings. The Hall–Kier alpha value is -1.79. The molecule has 0 aliphatic rings. The Morgan fingerprint density at radius 3 is 2.74 bits per heavy atom. The van der Waals surface area contributed by atoms with Gasteiger partial charge in [0.2, 0.25) is 0 Å². The van der Waals surface area contributed by atoms with E-state index in [1.165, 1.54) is 0 Å². The van der Waals surface area contributed by atoms with Crippen molar-refractivity contribution in [3.63, 3.8) is 0 Å². The molecule has 0 radical (unpaired) electrons. The van der Waals surface area contributed by atoms with Gasteiger partial charge in [-0.25, -0.2) is 0 Å². The zero-order valence-electron chi connectivity index (χ0n) is 11.9. The number of hydrogen-bond acceptors (Lipinski definition) is 2. The number of aryl methyl sites for hydroxylation is 1. The van der Waals surface area contributed by atoms with Crippen molar-refractivity contribution in [1.29, 1.82) is 5.26 Å². The molecule has 0 bridgehead atoms. The smallest absolute Gasteiger partial charge is 0.0998 e. The third-order valence-corrected chi connectivity index (χ3v) is 3.17. The van der Waals surface area contributed by atoms with Gasteiger partial charge in [-0.15, -0.1) is 0 Å². The first kappa shape index (κ1) is 13.6. The van der Waals surface area contributed by atoms with Crippen LogP contribution in [0.25, 0.3) is 10.9 Å². The molecule has 0 saturated carbocycles. The van der Waals surface area contributed by atoms with E-state index in [1.807, 2.05) is 18.2 Å². The highest BCUT2D eigenvalue weighted by Gasteiger charge is 2.08. The van der Waals surface area contributed by atoms with E-state index in [-0.39, 0.29) is 5.54 Å². The van der Waals surface area contributed by atoms with E-state index < -0.39 is 0 Å². The lowest BCUT2D eigenvalue weighted by Gasteiger charge is -2.20. The topological polar surface area (TPSA) is 40.8 Å². The minimum Gasteiger partial charge on any atom is -0.347 e. The van der Waals surface area contributed by atoms with Gasteiger partial charge in [0, 0.05) is 29.2 Å². The number of nitrogens with zero attached hydrogens (tertiary/aromatic N) is 2. The lowest BCUT2D eigenvalue weighted by atomic mass is 10.1. The van der Waals surface area contributed by atoms with Crippen LogP contribution < -0.4 is 5.32 Å². The van der Waals surface area contributed by atoms with Gasteiger partial charge in [-0.1, -0.05) is 6.07 Å². The molecular weight excluding hydrogens is 234 g/mol. The van der Waals surface area contributed by atoms with E-state index in [4.69, 9.17) is 5.26 Å². The van der Waals surface area contributed by atoms with Crippen LogP contribution in [0.5, 0.6) is 0 Å². The normalized spacial score (nSPS) is 11.7. The first-order chi connectivity index (χ1) is 9.01. The Bertz CT molecular complexity index is 596. The summed E-state index contributed by atoms with van der Waals surface area (Å²) in [6.45, 7) is 8.51. The van der Waals surface area contributed by atoms with Crippen LogP contribution in [-0.2, 0) is 6.54 Å². The second-order valence-electron chi connectivity index (χ2n) is 5.89. The molecule has 1 heterocycles. The first-order valence-corrected chi connectivity index (χ1v) is 6.74. The minimum atomic E-state index is 0.173. The molecule has 0 saturated heterocycles. The first-order valence-electron chi connectivity index (χ1n) is 6.74. The standard InChI is InChI=1S/C16H21N3/c1-16(2,3)18-9-5-10-19-11-8-14-13(12-17)6-4-7-15(14)19/h4,6-8,11,18H,5,9-10H2,1-3H3. The molecule has 3 heteroatoms. The van der Waals surface area contributed by atoms with Crippen LogP contribution in [0.1, 0.15) is 32.8 Å². The van der Waals surface area contributed by atoms with Crippen molar-refractivity contribution in [2.45, 2.75) is 39.3 Å². The number of benzene rings is 1. The Morgan fingerprint density at radius 1 is 1.26 bits per heavy atom. The molecular formula is C16H21N3. The molecule has 0 fully saturated rings. The van der Waals surface area contributed by atoms with Crippen molar-refractivity contribution in [3.8, 4) is 6.07 Å². The zero-order valence-corrected chi connectivity index (χ0v) is 11.9. The molecule has 1 N–H and O–H groups in total. The number of nitriles is 1. The van der Waals surface area contributed by atoms with Gasteiger partial charge in [0.25, 0.3) is 0 Å². The van der Waals surface area contributed by atoms with Gasteiger partial charge in [-0.2, -0.15) is 5.26 Å². The molecule has 0 atom stereocenters. The van der Waals surface area contributed by atoms with Crippen LogP contribution in [0.2, 0.25) is 0 Å². The Balaban J connectivity index is 2.04. The highest BCUT2D eigenvalue weighted by molar-refractivity contribution is 5.85. The quantitative estimate of drug-likeness (QED) is 0.852. The summed E-state index contributed by atoms with van der Waals surface area (Å²) in [6, 6.07) is 10.2. The number of aromatic nitrogens is 1. The Labute approximate surface area is 114 Å². The Kier molecular flexibility index (Phi) is 3.92. The fraction of sp³-hybridized carbons (Fsp3) is 0.438. The Morgan fingerprint density at radius 2 is 2.05 bits per heavy atom. The molecule has 1 aromatic carbocycles. The molecule has 0 amide bonds. The molecule has 19 heavy (non-hydrogen) atoms. The fourth-order valence-electron chi connectivity index (χ4n) is 2.23. The summed E-state index contributed by atoms with van der Waals surface area (Å²) in [5.74, 6) is 0. The van der Waals surface area contributed by atoms with Crippen molar-refractivity contribution in [2.24, 2.45) is 0 Å². The minimum absolute atomic E-state index is 0.173. The molecule has 2 rings (SSSR count). The molecule has 1 aromatic heterocycles. The van der Waals surface area contributed by atoms with Gasteiger partial charge in [-0.3, -0.25) is 0 Å². The van der Waals surface area contributed by atoms with Crippen molar-refractivity contribution in [1.82, 2.24) is 9.88 Å². The van der Waals surface area contributed by atoms with Gasteiger partial charge in [-0.05, 0) is 51.9 Å². The second kappa shape index (κ2) is 5.46. The SMILES string of the molecule is CC(C)(C)NCCCn1ccc2c(C#N)cccc21. The number of nitrogens with one attached hydrogen (secondary N) is 1. The van der Waals surface area contributed by atoms with Crippen molar-refractivity contribution < 1.29 is 0 Å². The fourth-order valence-corrected chi connectivity index (χ4v) is 2.23. The molecule has 100 valence electrons. The van der Waals surface area contributed by atoms with Crippen LogP contribution in [0.15, 0.2) is 30.5 Å². The van der Waals surface area contributed by atoms with Crippen molar-refractivity contribution in [2.75, 3.05) is 6.54 Å². The maximum absolute atomic E-state index is 9.08. The van der Waals surface area contributed by atoms with Gasteiger partial charge in [0.15, 0.2) is 0 Å². The van der Waals surface area contributed by atoms with E-state index >= 15 is 0 Å². The maximum atomic E-state index is 9.08. The average molecular weight is 255 g/mol. The summed E-state index contributed by atoms with van der Waals surface area (Å²) in [7, 11) is 0. The monoisotopic (exact) mass is 255 g/mol. The van der Waals surface area contributed by atoms with Crippen molar-refractivity contribution >= 4 is 10.9 Å². The van der Waals surface area contributed by atoms with Crippen molar-refractivity contribution in [3.05, 3.63) is 36.0 Å². The predicted molar refractivity (Wildman–Crippen MR) is 79.0 cm³/mol. The lowest BCUT2D eigenvalue weighted by Crippen LogP contribution is -2.36. The summed E-state index contributed by atoms with van der Waals surface area (Å²) < 4.78 is 2.22. The summed E-state index contributed by atoms with van der Waals surface area (Å²) in [6.07, 6.45) is 3.15. The van der Waals surface area contributed by atoms with Crippen LogP contribution in [0.4, 0.5) is 0 Å². The molecule has 3 nitrogen and oxygen atoms in total. The molecule has 0 aliphatic heterocycles. The largest absolute Gasteiger partial charge is 0.347 e. The van der Waals surface area contributed by atoms with Crippen LogP contribution in [0, 0.1) is 11.3 Å². The van der Waals surface area contributed by atoms with Gasteiger partial charge in [0.1, 0.15) is 0 Å². The number of hydrogen-bond donors (Lipinski definition) is 1.